The lowest BCUT2D eigenvalue weighted by Gasteiger charge is -2.08. The topological polar surface area (TPSA) is 29.1 Å². The van der Waals surface area contributed by atoms with E-state index in [0.717, 1.165) is 6.07 Å². The summed E-state index contributed by atoms with van der Waals surface area (Å²) in [5.41, 5.74) is 0.285. The van der Waals surface area contributed by atoms with E-state index in [1.54, 1.807) is 6.07 Å². The minimum absolute atomic E-state index is 0.0597. The van der Waals surface area contributed by atoms with Gasteiger partial charge in [0.15, 0.2) is 0 Å². The molecule has 0 radical (unpaired) electrons. The van der Waals surface area contributed by atoms with E-state index in [9.17, 15) is 13.6 Å². The summed E-state index contributed by atoms with van der Waals surface area (Å²) >= 11 is 6.21. The van der Waals surface area contributed by atoms with Crippen LogP contribution in [0.3, 0.4) is 0 Å². The normalized spacial score (nSPS) is 10.3. The first kappa shape index (κ1) is 14.1. The van der Waals surface area contributed by atoms with Crippen molar-refractivity contribution in [3.8, 4) is 0 Å². The number of halogens is 4. The van der Waals surface area contributed by atoms with Gasteiger partial charge in [-0.1, -0.05) is 15.9 Å². The number of carbonyl (C=O) groups excluding carboxylic acids is 1. The average molecular weight is 391 g/mol. The molecule has 0 aliphatic heterocycles. The average Bonchev–Trinajstić information content (AvgIpc) is 2.32. The molecule has 0 unspecified atom stereocenters. The van der Waals surface area contributed by atoms with Gasteiger partial charge in [0.05, 0.1) is 11.3 Å². The minimum Gasteiger partial charge on any atom is -0.319 e. The van der Waals surface area contributed by atoms with Crippen molar-refractivity contribution in [2.24, 2.45) is 0 Å². The van der Waals surface area contributed by atoms with E-state index in [1.165, 1.54) is 24.3 Å². The van der Waals surface area contributed by atoms with Gasteiger partial charge < -0.3 is 5.32 Å². The molecule has 0 spiro atoms. The van der Waals surface area contributed by atoms with Crippen LogP contribution in [0.1, 0.15) is 10.4 Å². The summed E-state index contributed by atoms with van der Waals surface area (Å²) in [6.45, 7) is 0. The number of carbonyl (C=O) groups is 1. The van der Waals surface area contributed by atoms with Gasteiger partial charge in [0, 0.05) is 8.95 Å². The van der Waals surface area contributed by atoms with Crippen LogP contribution in [-0.2, 0) is 0 Å². The van der Waals surface area contributed by atoms with Gasteiger partial charge in [0.1, 0.15) is 11.6 Å². The highest BCUT2D eigenvalue weighted by Crippen LogP contribution is 2.22. The summed E-state index contributed by atoms with van der Waals surface area (Å²) in [7, 11) is 0. The van der Waals surface area contributed by atoms with Crippen molar-refractivity contribution in [2.75, 3.05) is 5.32 Å². The number of anilines is 1. The molecule has 2 aromatic carbocycles. The highest BCUT2D eigenvalue weighted by atomic mass is 79.9. The van der Waals surface area contributed by atoms with Crippen molar-refractivity contribution in [3.05, 3.63) is 62.5 Å². The first-order valence-electron chi connectivity index (χ1n) is 5.19. The van der Waals surface area contributed by atoms with E-state index in [0.29, 0.717) is 8.95 Å². The summed E-state index contributed by atoms with van der Waals surface area (Å²) in [5.74, 6) is -1.53. The first-order chi connectivity index (χ1) is 8.97. The van der Waals surface area contributed by atoms with Crippen molar-refractivity contribution in [2.45, 2.75) is 0 Å². The Morgan fingerprint density at radius 2 is 1.79 bits per heavy atom. The number of benzene rings is 2. The Kier molecular flexibility index (Phi) is 4.31. The van der Waals surface area contributed by atoms with E-state index in [1.807, 2.05) is 0 Å². The van der Waals surface area contributed by atoms with E-state index in [2.05, 4.69) is 37.2 Å². The predicted octanol–water partition coefficient (Wildman–Crippen LogP) is 4.74. The molecule has 0 saturated heterocycles. The highest BCUT2D eigenvalue weighted by Gasteiger charge is 2.13. The van der Waals surface area contributed by atoms with Crippen molar-refractivity contribution < 1.29 is 13.6 Å². The molecular formula is C13H7Br2F2NO. The number of amides is 1. The lowest BCUT2D eigenvalue weighted by atomic mass is 10.2. The lowest BCUT2D eigenvalue weighted by Crippen LogP contribution is -2.13. The van der Waals surface area contributed by atoms with Crippen molar-refractivity contribution in [3.63, 3.8) is 0 Å². The van der Waals surface area contributed by atoms with Crippen LogP contribution in [0.2, 0.25) is 0 Å². The SMILES string of the molecule is O=C(Nc1ccc(Br)cc1F)c1ccc(F)cc1Br. The van der Waals surface area contributed by atoms with Crippen molar-refractivity contribution in [1.82, 2.24) is 0 Å². The molecule has 0 aromatic heterocycles. The molecule has 2 rings (SSSR count). The van der Waals surface area contributed by atoms with Gasteiger partial charge in [-0.2, -0.15) is 0 Å². The van der Waals surface area contributed by atoms with Gasteiger partial charge in [-0.05, 0) is 52.3 Å². The van der Waals surface area contributed by atoms with Gasteiger partial charge in [-0.25, -0.2) is 8.78 Å². The largest absolute Gasteiger partial charge is 0.319 e. The van der Waals surface area contributed by atoms with E-state index in [4.69, 9.17) is 0 Å². The molecule has 0 fully saturated rings. The Bertz CT molecular complexity index is 647. The predicted molar refractivity (Wildman–Crippen MR) is 76.2 cm³/mol. The molecule has 0 heterocycles. The monoisotopic (exact) mass is 389 g/mol. The van der Waals surface area contributed by atoms with E-state index in [-0.39, 0.29) is 11.3 Å². The summed E-state index contributed by atoms with van der Waals surface area (Å²) < 4.78 is 27.4. The Balaban J connectivity index is 2.25. The molecule has 0 saturated carbocycles. The smallest absolute Gasteiger partial charge is 0.256 e. The maximum absolute atomic E-state index is 13.6. The Labute approximate surface area is 125 Å². The first-order valence-corrected chi connectivity index (χ1v) is 6.77. The van der Waals surface area contributed by atoms with Crippen LogP contribution in [0.4, 0.5) is 14.5 Å². The zero-order valence-corrected chi connectivity index (χ0v) is 12.6. The van der Waals surface area contributed by atoms with Crippen molar-refractivity contribution in [1.29, 1.82) is 0 Å². The van der Waals surface area contributed by atoms with Crippen LogP contribution >= 0.6 is 31.9 Å². The minimum atomic E-state index is -0.555. The molecule has 6 heteroatoms. The second-order valence-electron chi connectivity index (χ2n) is 3.70. The quantitative estimate of drug-likeness (QED) is 0.788. The molecule has 0 bridgehead atoms. The molecule has 2 nitrogen and oxygen atoms in total. The molecule has 1 N–H and O–H groups in total. The van der Waals surface area contributed by atoms with Gasteiger partial charge in [0.25, 0.3) is 5.91 Å². The zero-order chi connectivity index (χ0) is 14.0. The molecule has 2 aromatic rings. The number of hydrogen-bond donors (Lipinski definition) is 1. The third-order valence-corrected chi connectivity index (χ3v) is 3.50. The fraction of sp³-hybridized carbons (Fsp3) is 0. The summed E-state index contributed by atoms with van der Waals surface area (Å²) in [6.07, 6.45) is 0. The van der Waals surface area contributed by atoms with Crippen molar-refractivity contribution >= 4 is 43.5 Å². The summed E-state index contributed by atoms with van der Waals surface area (Å²) in [5, 5.41) is 2.43. The fourth-order valence-corrected chi connectivity index (χ4v) is 2.32. The number of nitrogens with one attached hydrogen (secondary N) is 1. The molecule has 98 valence electrons. The Morgan fingerprint density at radius 3 is 2.42 bits per heavy atom. The fourth-order valence-electron chi connectivity index (χ4n) is 1.45. The maximum atomic E-state index is 13.6. The van der Waals surface area contributed by atoms with E-state index >= 15 is 0 Å². The van der Waals surface area contributed by atoms with Gasteiger partial charge in [-0.3, -0.25) is 4.79 Å². The van der Waals surface area contributed by atoms with E-state index < -0.39 is 17.5 Å². The van der Waals surface area contributed by atoms with Gasteiger partial charge in [-0.15, -0.1) is 0 Å². The Hall–Kier alpha value is -1.27. The third-order valence-electron chi connectivity index (χ3n) is 2.36. The van der Waals surface area contributed by atoms with Crippen LogP contribution < -0.4 is 5.32 Å². The second kappa shape index (κ2) is 5.79. The molecule has 19 heavy (non-hydrogen) atoms. The van der Waals surface area contributed by atoms with Crippen LogP contribution in [0.25, 0.3) is 0 Å². The summed E-state index contributed by atoms with van der Waals surface area (Å²) in [6, 6.07) is 7.96. The van der Waals surface area contributed by atoms with Crippen LogP contribution in [0, 0.1) is 11.6 Å². The number of hydrogen-bond acceptors (Lipinski definition) is 1. The van der Waals surface area contributed by atoms with Crippen LogP contribution in [-0.4, -0.2) is 5.91 Å². The highest BCUT2D eigenvalue weighted by molar-refractivity contribution is 9.10. The van der Waals surface area contributed by atoms with Gasteiger partial charge >= 0.3 is 0 Å². The lowest BCUT2D eigenvalue weighted by molar-refractivity contribution is 0.102. The van der Waals surface area contributed by atoms with Crippen LogP contribution in [0.5, 0.6) is 0 Å². The molecule has 0 aliphatic rings. The molecule has 0 atom stereocenters. The maximum Gasteiger partial charge on any atom is 0.256 e. The zero-order valence-electron chi connectivity index (χ0n) is 9.38. The molecule has 0 aliphatic carbocycles. The molecular weight excluding hydrogens is 384 g/mol. The van der Waals surface area contributed by atoms with Crippen LogP contribution in [0.15, 0.2) is 45.3 Å². The Morgan fingerprint density at radius 1 is 1.05 bits per heavy atom. The van der Waals surface area contributed by atoms with Gasteiger partial charge in [0.2, 0.25) is 0 Å². The number of rotatable bonds is 2. The summed E-state index contributed by atoms with van der Waals surface area (Å²) in [4.78, 5) is 11.9. The molecule has 1 amide bonds. The second-order valence-corrected chi connectivity index (χ2v) is 5.47. The standard InChI is InChI=1S/C13H7Br2F2NO/c14-7-1-4-12(11(17)5-7)18-13(19)9-3-2-8(16)6-10(9)15/h1-6H,(H,18,19). The third kappa shape index (κ3) is 3.39.